The van der Waals surface area contributed by atoms with E-state index in [1.54, 1.807) is 17.8 Å². The van der Waals surface area contributed by atoms with Crippen LogP contribution in [0, 0.1) is 15.9 Å². The third kappa shape index (κ3) is 2.79. The van der Waals surface area contributed by atoms with Gasteiger partial charge in [-0.3, -0.25) is 14.8 Å². The van der Waals surface area contributed by atoms with Crippen molar-refractivity contribution in [1.29, 1.82) is 0 Å². The second-order valence-electron chi connectivity index (χ2n) is 5.15. The minimum absolute atomic E-state index is 0.00853. The molecule has 124 valence electrons. The average molecular weight is 331 g/mol. The molecule has 24 heavy (non-hydrogen) atoms. The Bertz CT molecular complexity index is 923. The molecule has 0 amide bonds. The first-order valence-electron chi connectivity index (χ1n) is 7.16. The van der Waals surface area contributed by atoms with Crippen LogP contribution in [-0.4, -0.2) is 33.0 Å². The smallest absolute Gasteiger partial charge is 0.270 e. The maximum Gasteiger partial charge on any atom is 0.270 e. The minimum atomic E-state index is -0.557. The molecule has 0 spiro atoms. The molecule has 0 saturated heterocycles. The van der Waals surface area contributed by atoms with Gasteiger partial charge >= 0.3 is 0 Å². The monoisotopic (exact) mass is 331 g/mol. The van der Waals surface area contributed by atoms with Crippen LogP contribution in [0.5, 0.6) is 5.75 Å². The number of fused-ring (bicyclic) bond motifs is 1. The van der Waals surface area contributed by atoms with Crippen LogP contribution < -0.4 is 4.74 Å². The summed E-state index contributed by atoms with van der Waals surface area (Å²) in [5.74, 6) is -0.566. The first-order valence-corrected chi connectivity index (χ1v) is 7.16. The molecule has 1 N–H and O–H groups in total. The van der Waals surface area contributed by atoms with Gasteiger partial charge in [-0.25, -0.2) is 4.39 Å². The van der Waals surface area contributed by atoms with Gasteiger partial charge in [0.1, 0.15) is 12.3 Å². The fourth-order valence-corrected chi connectivity index (χ4v) is 2.50. The van der Waals surface area contributed by atoms with Crippen molar-refractivity contribution in [3.05, 3.63) is 52.3 Å². The highest BCUT2D eigenvalue weighted by Crippen LogP contribution is 2.33. The Morgan fingerprint density at radius 1 is 1.33 bits per heavy atom. The molecular formula is C16H14FN3O4. The number of nitro groups is 1. The van der Waals surface area contributed by atoms with Crippen molar-refractivity contribution >= 4 is 16.6 Å². The number of nitrogens with zero attached hydrogens (tertiary/aromatic N) is 3. The summed E-state index contributed by atoms with van der Waals surface area (Å²) >= 11 is 0. The molecule has 2 aromatic carbocycles. The normalized spacial score (nSPS) is 11.0. The van der Waals surface area contributed by atoms with Crippen molar-refractivity contribution in [1.82, 2.24) is 9.78 Å². The quantitative estimate of drug-likeness (QED) is 0.573. The Labute approximate surface area is 136 Å². The lowest BCUT2D eigenvalue weighted by Crippen LogP contribution is -2.03. The van der Waals surface area contributed by atoms with E-state index in [1.165, 1.54) is 30.3 Å². The summed E-state index contributed by atoms with van der Waals surface area (Å²) in [7, 11) is 1.73. The van der Waals surface area contributed by atoms with Crippen molar-refractivity contribution in [2.24, 2.45) is 7.05 Å². The topological polar surface area (TPSA) is 90.4 Å². The molecule has 0 saturated carbocycles. The molecule has 1 aromatic heterocycles. The van der Waals surface area contributed by atoms with E-state index < -0.39 is 10.7 Å². The van der Waals surface area contributed by atoms with E-state index >= 15 is 0 Å². The fraction of sp³-hybridized carbons (Fsp3) is 0.188. The molecule has 0 bridgehead atoms. The second kappa shape index (κ2) is 6.25. The molecule has 0 atom stereocenters. The summed E-state index contributed by atoms with van der Waals surface area (Å²) in [5.41, 5.74) is 1.73. The zero-order valence-corrected chi connectivity index (χ0v) is 12.8. The zero-order chi connectivity index (χ0) is 17.3. The van der Waals surface area contributed by atoms with E-state index in [-0.39, 0.29) is 24.7 Å². The van der Waals surface area contributed by atoms with Crippen LogP contribution in [0.4, 0.5) is 10.1 Å². The Morgan fingerprint density at radius 3 is 2.83 bits per heavy atom. The Hall–Kier alpha value is -3.00. The van der Waals surface area contributed by atoms with Crippen LogP contribution in [0.1, 0.15) is 0 Å². The summed E-state index contributed by atoms with van der Waals surface area (Å²) in [6, 6.07) is 8.70. The van der Waals surface area contributed by atoms with Crippen LogP contribution in [0.15, 0.2) is 36.4 Å². The van der Waals surface area contributed by atoms with Gasteiger partial charge in [0.05, 0.1) is 17.0 Å². The summed E-state index contributed by atoms with van der Waals surface area (Å²) < 4.78 is 20.5. The summed E-state index contributed by atoms with van der Waals surface area (Å²) in [6.45, 7) is -0.267. The van der Waals surface area contributed by atoms with E-state index in [0.29, 0.717) is 16.6 Å². The van der Waals surface area contributed by atoms with E-state index in [0.717, 1.165) is 5.52 Å². The molecule has 7 nitrogen and oxygen atoms in total. The summed E-state index contributed by atoms with van der Waals surface area (Å²) in [5, 5.41) is 24.8. The maximum atomic E-state index is 13.8. The molecule has 1 heterocycles. The van der Waals surface area contributed by atoms with Crippen molar-refractivity contribution in [3.8, 4) is 17.0 Å². The number of hydrogen-bond acceptors (Lipinski definition) is 5. The third-order valence-corrected chi connectivity index (χ3v) is 3.60. The van der Waals surface area contributed by atoms with E-state index in [1.807, 2.05) is 0 Å². The molecule has 0 radical (unpaired) electrons. The Morgan fingerprint density at radius 2 is 2.12 bits per heavy atom. The Kier molecular flexibility index (Phi) is 4.13. The largest absolute Gasteiger partial charge is 0.488 e. The highest BCUT2D eigenvalue weighted by molar-refractivity contribution is 5.94. The van der Waals surface area contributed by atoms with Crippen molar-refractivity contribution in [2.45, 2.75) is 0 Å². The highest BCUT2D eigenvalue weighted by atomic mass is 19.1. The number of ether oxygens (including phenoxy) is 1. The molecular weight excluding hydrogens is 317 g/mol. The first-order chi connectivity index (χ1) is 11.5. The number of hydrogen-bond donors (Lipinski definition) is 1. The third-order valence-electron chi connectivity index (χ3n) is 3.60. The first kappa shape index (κ1) is 15.9. The van der Waals surface area contributed by atoms with Gasteiger partial charge in [-0.1, -0.05) is 0 Å². The zero-order valence-electron chi connectivity index (χ0n) is 12.8. The number of halogens is 1. The number of aliphatic hydroxyl groups is 1. The molecule has 0 aliphatic rings. The number of benzene rings is 2. The van der Waals surface area contributed by atoms with Gasteiger partial charge in [0, 0.05) is 30.1 Å². The van der Waals surface area contributed by atoms with E-state index in [9.17, 15) is 14.5 Å². The molecule has 3 aromatic rings. The van der Waals surface area contributed by atoms with Crippen LogP contribution in [0.2, 0.25) is 0 Å². The molecule has 8 heteroatoms. The van der Waals surface area contributed by atoms with Crippen molar-refractivity contribution in [2.75, 3.05) is 13.2 Å². The molecule has 0 aliphatic heterocycles. The number of aliphatic hydroxyl groups excluding tert-OH is 1. The molecule has 0 aliphatic carbocycles. The maximum absolute atomic E-state index is 13.8. The lowest BCUT2D eigenvalue weighted by atomic mass is 10.1. The lowest BCUT2D eigenvalue weighted by Gasteiger charge is -2.07. The van der Waals surface area contributed by atoms with Gasteiger partial charge in [-0.2, -0.15) is 5.10 Å². The van der Waals surface area contributed by atoms with Crippen LogP contribution in [0.25, 0.3) is 22.2 Å². The van der Waals surface area contributed by atoms with E-state index in [4.69, 9.17) is 9.84 Å². The SMILES string of the molecule is Cn1nc(-c2ccc(F)c(OCCO)c2)c2cc([N+](=O)[O-])ccc21. The average Bonchev–Trinajstić information content (AvgIpc) is 2.90. The van der Waals surface area contributed by atoms with Crippen LogP contribution in [0.3, 0.4) is 0 Å². The standard InChI is InChI=1S/C16H14FN3O4/c1-19-14-5-3-11(20(22)23)9-12(14)16(18-19)10-2-4-13(17)15(8-10)24-7-6-21/h2-5,8-9,21H,6-7H2,1H3. The number of aryl methyl sites for hydroxylation is 1. The van der Waals surface area contributed by atoms with Crippen LogP contribution >= 0.6 is 0 Å². The number of aromatic nitrogens is 2. The van der Waals surface area contributed by atoms with Crippen molar-refractivity contribution < 1.29 is 19.2 Å². The molecule has 3 rings (SSSR count). The van der Waals surface area contributed by atoms with Gasteiger partial charge in [-0.15, -0.1) is 0 Å². The van der Waals surface area contributed by atoms with Crippen molar-refractivity contribution in [3.63, 3.8) is 0 Å². The second-order valence-corrected chi connectivity index (χ2v) is 5.15. The van der Waals surface area contributed by atoms with Gasteiger partial charge in [0.15, 0.2) is 11.6 Å². The summed E-state index contributed by atoms with van der Waals surface area (Å²) in [4.78, 5) is 10.5. The van der Waals surface area contributed by atoms with Crippen LogP contribution in [-0.2, 0) is 7.05 Å². The minimum Gasteiger partial charge on any atom is -0.488 e. The van der Waals surface area contributed by atoms with Gasteiger partial charge in [0.2, 0.25) is 0 Å². The molecule has 0 unspecified atom stereocenters. The lowest BCUT2D eigenvalue weighted by molar-refractivity contribution is -0.384. The highest BCUT2D eigenvalue weighted by Gasteiger charge is 2.16. The van der Waals surface area contributed by atoms with Gasteiger partial charge < -0.3 is 9.84 Å². The fourth-order valence-electron chi connectivity index (χ4n) is 2.50. The molecule has 0 fully saturated rings. The summed E-state index contributed by atoms with van der Waals surface area (Å²) in [6.07, 6.45) is 0. The number of nitro benzene ring substituents is 1. The van der Waals surface area contributed by atoms with E-state index in [2.05, 4.69) is 5.10 Å². The van der Waals surface area contributed by atoms with Gasteiger partial charge in [0.25, 0.3) is 5.69 Å². The predicted octanol–water partition coefficient (Wildman–Crippen LogP) is 2.66. The Balaban J connectivity index is 2.15. The number of non-ortho nitro benzene ring substituents is 1. The van der Waals surface area contributed by atoms with Gasteiger partial charge in [-0.05, 0) is 24.3 Å². The number of rotatable bonds is 5. The predicted molar refractivity (Wildman–Crippen MR) is 85.3 cm³/mol.